The highest BCUT2D eigenvalue weighted by Crippen LogP contribution is 2.16. The Labute approximate surface area is 72.0 Å². The maximum absolute atomic E-state index is 10.7. The highest BCUT2D eigenvalue weighted by atomic mass is 16.6. The minimum atomic E-state index is -0.587. The van der Waals surface area contributed by atoms with Gasteiger partial charge in [0.1, 0.15) is 6.10 Å². The summed E-state index contributed by atoms with van der Waals surface area (Å²) in [4.78, 5) is 10.7. The molecule has 1 heterocycles. The first kappa shape index (κ1) is 9.10. The molecule has 1 aliphatic heterocycles. The van der Waals surface area contributed by atoms with Crippen LogP contribution in [0.25, 0.3) is 0 Å². The van der Waals surface area contributed by atoms with Crippen LogP contribution in [0.1, 0.15) is 32.6 Å². The molecule has 12 heavy (non-hydrogen) atoms. The molecule has 1 rings (SSSR count). The molecule has 0 fully saturated rings. The molecule has 68 valence electrons. The van der Waals surface area contributed by atoms with Gasteiger partial charge >= 0.3 is 5.97 Å². The number of hydrogen-bond acceptors (Lipinski definition) is 3. The molecule has 1 N–H and O–H groups in total. The van der Waals surface area contributed by atoms with Crippen LogP contribution in [-0.2, 0) is 9.53 Å². The number of cyclic esters (lactones) is 1. The maximum Gasteiger partial charge on any atom is 0.373 e. The lowest BCUT2D eigenvalue weighted by Crippen LogP contribution is -2.07. The molecule has 0 saturated carbocycles. The highest BCUT2D eigenvalue weighted by molar-refractivity contribution is 5.88. The van der Waals surface area contributed by atoms with E-state index in [4.69, 9.17) is 9.84 Å². The number of carbonyl (C=O) groups is 1. The normalized spacial score (nSPS) is 22.2. The lowest BCUT2D eigenvalue weighted by atomic mass is 10.1. The second-order valence-corrected chi connectivity index (χ2v) is 2.99. The predicted octanol–water partition coefficient (Wildman–Crippen LogP) is 1.93. The Kier molecular flexibility index (Phi) is 3.14. The Morgan fingerprint density at radius 1 is 1.58 bits per heavy atom. The second kappa shape index (κ2) is 4.14. The van der Waals surface area contributed by atoms with Gasteiger partial charge in [0, 0.05) is 6.08 Å². The molecule has 0 aromatic heterocycles. The first-order valence-corrected chi connectivity index (χ1v) is 4.35. The predicted molar refractivity (Wildman–Crippen MR) is 44.7 cm³/mol. The fourth-order valence-corrected chi connectivity index (χ4v) is 1.21. The summed E-state index contributed by atoms with van der Waals surface area (Å²) in [6.07, 6.45) is 5.45. The summed E-state index contributed by atoms with van der Waals surface area (Å²) in [6, 6.07) is 0. The van der Waals surface area contributed by atoms with Crippen molar-refractivity contribution in [3.05, 3.63) is 11.8 Å². The quantitative estimate of drug-likeness (QED) is 0.518. The van der Waals surface area contributed by atoms with Crippen molar-refractivity contribution in [2.75, 3.05) is 0 Å². The van der Waals surface area contributed by atoms with Crippen LogP contribution in [-0.4, -0.2) is 17.2 Å². The van der Waals surface area contributed by atoms with Gasteiger partial charge in [0.25, 0.3) is 0 Å². The number of carbonyl (C=O) groups excluding carboxylic acids is 1. The number of aliphatic hydroxyl groups is 1. The molecule has 0 bridgehead atoms. The van der Waals surface area contributed by atoms with E-state index in [0.29, 0.717) is 0 Å². The summed E-state index contributed by atoms with van der Waals surface area (Å²) in [7, 11) is 0. The smallest absolute Gasteiger partial charge is 0.373 e. The third-order valence-electron chi connectivity index (χ3n) is 1.90. The van der Waals surface area contributed by atoms with Crippen LogP contribution >= 0.6 is 0 Å². The van der Waals surface area contributed by atoms with E-state index in [2.05, 4.69) is 6.92 Å². The maximum atomic E-state index is 10.7. The van der Waals surface area contributed by atoms with Crippen molar-refractivity contribution in [2.24, 2.45) is 0 Å². The van der Waals surface area contributed by atoms with Gasteiger partial charge in [-0.1, -0.05) is 19.8 Å². The lowest BCUT2D eigenvalue weighted by Gasteiger charge is -2.05. The van der Waals surface area contributed by atoms with Gasteiger partial charge in [-0.05, 0) is 12.8 Å². The van der Waals surface area contributed by atoms with Crippen LogP contribution in [0.3, 0.4) is 0 Å². The lowest BCUT2D eigenvalue weighted by molar-refractivity contribution is -0.142. The number of aliphatic hydroxyl groups excluding tert-OH is 1. The SMILES string of the molecule is CCCCC[C@@H]1C=C(O)C(=O)O1. The van der Waals surface area contributed by atoms with Crippen molar-refractivity contribution < 1.29 is 14.6 Å². The minimum Gasteiger partial charge on any atom is -0.502 e. The number of hydrogen-bond donors (Lipinski definition) is 1. The average molecular weight is 170 g/mol. The van der Waals surface area contributed by atoms with E-state index in [1.165, 1.54) is 6.08 Å². The van der Waals surface area contributed by atoms with Crippen molar-refractivity contribution in [1.82, 2.24) is 0 Å². The minimum absolute atomic E-state index is 0.191. The molecule has 0 aromatic carbocycles. The largest absolute Gasteiger partial charge is 0.502 e. The van der Waals surface area contributed by atoms with Crippen molar-refractivity contribution in [1.29, 1.82) is 0 Å². The van der Waals surface area contributed by atoms with E-state index in [1.807, 2.05) is 0 Å². The summed E-state index contributed by atoms with van der Waals surface area (Å²) in [5.74, 6) is -0.826. The zero-order valence-corrected chi connectivity index (χ0v) is 7.25. The monoisotopic (exact) mass is 170 g/mol. The zero-order valence-electron chi connectivity index (χ0n) is 7.25. The third kappa shape index (κ3) is 2.26. The van der Waals surface area contributed by atoms with Crippen LogP contribution in [0.2, 0.25) is 0 Å². The zero-order chi connectivity index (χ0) is 8.97. The van der Waals surface area contributed by atoms with Gasteiger partial charge in [-0.2, -0.15) is 0 Å². The molecule has 0 saturated heterocycles. The first-order valence-electron chi connectivity index (χ1n) is 4.35. The van der Waals surface area contributed by atoms with Crippen LogP contribution in [0.4, 0.5) is 0 Å². The third-order valence-corrected chi connectivity index (χ3v) is 1.90. The van der Waals surface area contributed by atoms with Gasteiger partial charge < -0.3 is 9.84 Å². The molecule has 0 unspecified atom stereocenters. The molecule has 1 atom stereocenters. The second-order valence-electron chi connectivity index (χ2n) is 2.99. The van der Waals surface area contributed by atoms with Gasteiger partial charge in [-0.25, -0.2) is 4.79 Å². The fourth-order valence-electron chi connectivity index (χ4n) is 1.21. The molecule has 0 aliphatic carbocycles. The number of ether oxygens (including phenoxy) is 1. The van der Waals surface area contributed by atoms with Crippen LogP contribution in [0.15, 0.2) is 11.8 Å². The standard InChI is InChI=1S/C9H14O3/c1-2-3-4-5-7-6-8(10)9(11)12-7/h6-7,10H,2-5H2,1H3/t7-/m1/s1. The van der Waals surface area contributed by atoms with Crippen molar-refractivity contribution in [3.63, 3.8) is 0 Å². The van der Waals surface area contributed by atoms with Crippen molar-refractivity contribution >= 4 is 5.97 Å². The Morgan fingerprint density at radius 2 is 2.33 bits per heavy atom. The Hall–Kier alpha value is -0.990. The van der Waals surface area contributed by atoms with Crippen molar-refractivity contribution in [3.8, 4) is 0 Å². The molecule has 1 aliphatic rings. The van der Waals surface area contributed by atoms with Gasteiger partial charge in [0.15, 0.2) is 0 Å². The summed E-state index contributed by atoms with van der Waals surface area (Å²) in [5.41, 5.74) is 0. The molecule has 0 amide bonds. The molecular weight excluding hydrogens is 156 g/mol. The van der Waals surface area contributed by atoms with Crippen LogP contribution in [0, 0.1) is 0 Å². The van der Waals surface area contributed by atoms with Crippen LogP contribution < -0.4 is 0 Å². The number of esters is 1. The van der Waals surface area contributed by atoms with Gasteiger partial charge in [0.05, 0.1) is 0 Å². The van der Waals surface area contributed by atoms with Gasteiger partial charge in [-0.3, -0.25) is 0 Å². The summed E-state index contributed by atoms with van der Waals surface area (Å²) in [5, 5.41) is 8.91. The van der Waals surface area contributed by atoms with Gasteiger partial charge in [-0.15, -0.1) is 0 Å². The molecule has 0 spiro atoms. The molecule has 3 nitrogen and oxygen atoms in total. The summed E-state index contributed by atoms with van der Waals surface area (Å²) >= 11 is 0. The van der Waals surface area contributed by atoms with E-state index in [0.717, 1.165) is 25.7 Å². The Balaban J connectivity index is 2.24. The first-order chi connectivity index (χ1) is 5.74. The Morgan fingerprint density at radius 3 is 2.83 bits per heavy atom. The van der Waals surface area contributed by atoms with E-state index >= 15 is 0 Å². The van der Waals surface area contributed by atoms with Crippen LogP contribution in [0.5, 0.6) is 0 Å². The van der Waals surface area contributed by atoms with E-state index in [1.54, 1.807) is 0 Å². The molecule has 3 heteroatoms. The molecule has 0 radical (unpaired) electrons. The molecule has 0 aromatic rings. The highest BCUT2D eigenvalue weighted by Gasteiger charge is 2.23. The average Bonchev–Trinajstić information content (AvgIpc) is 2.32. The van der Waals surface area contributed by atoms with E-state index < -0.39 is 5.97 Å². The topological polar surface area (TPSA) is 46.5 Å². The van der Waals surface area contributed by atoms with E-state index in [9.17, 15) is 4.79 Å². The molecular formula is C9H14O3. The Bertz CT molecular complexity index is 196. The summed E-state index contributed by atoms with van der Waals surface area (Å²) in [6.45, 7) is 2.12. The summed E-state index contributed by atoms with van der Waals surface area (Å²) < 4.78 is 4.84. The van der Waals surface area contributed by atoms with Gasteiger partial charge in [0.2, 0.25) is 5.76 Å². The fraction of sp³-hybridized carbons (Fsp3) is 0.667. The van der Waals surface area contributed by atoms with E-state index in [-0.39, 0.29) is 11.9 Å². The van der Waals surface area contributed by atoms with Crippen molar-refractivity contribution in [2.45, 2.75) is 38.7 Å². The number of rotatable bonds is 4. The number of unbranched alkanes of at least 4 members (excludes halogenated alkanes) is 2.